The molecule has 0 atom stereocenters. The molecule has 0 bridgehead atoms. The Morgan fingerprint density at radius 2 is 1.62 bits per heavy atom. The molecule has 0 aliphatic carbocycles. The molecule has 0 fully saturated rings. The van der Waals surface area contributed by atoms with Crippen LogP contribution in [0.5, 0.6) is 5.75 Å². The number of ether oxygens (including phenoxy) is 1. The summed E-state index contributed by atoms with van der Waals surface area (Å²) in [6.45, 7) is 0.559. The average molecular weight is 276 g/mol. The van der Waals surface area contributed by atoms with Gasteiger partial charge in [-0.05, 0) is 22.4 Å². The summed E-state index contributed by atoms with van der Waals surface area (Å²) in [5.41, 5.74) is 1.85. The summed E-state index contributed by atoms with van der Waals surface area (Å²) in [5.74, 6) is 0.652. The molecule has 0 radical (unpaired) electrons. The van der Waals surface area contributed by atoms with Crippen molar-refractivity contribution in [3.05, 3.63) is 77.9 Å². The molecule has 0 aliphatic heterocycles. The average Bonchev–Trinajstić information content (AvgIpc) is 2.55. The zero-order valence-electron chi connectivity index (χ0n) is 11.7. The van der Waals surface area contributed by atoms with Crippen LogP contribution in [-0.2, 0) is 6.42 Å². The zero-order valence-corrected chi connectivity index (χ0v) is 11.7. The van der Waals surface area contributed by atoms with Gasteiger partial charge in [0.15, 0.2) is 6.29 Å². The third-order valence-corrected chi connectivity index (χ3v) is 3.54. The Bertz CT molecular complexity index is 748. The van der Waals surface area contributed by atoms with E-state index in [9.17, 15) is 4.79 Å². The maximum Gasteiger partial charge on any atom is 0.154 e. The Morgan fingerprint density at radius 3 is 2.43 bits per heavy atom. The van der Waals surface area contributed by atoms with Crippen LogP contribution in [-0.4, -0.2) is 12.9 Å². The summed E-state index contributed by atoms with van der Waals surface area (Å²) >= 11 is 0. The van der Waals surface area contributed by atoms with Crippen LogP contribution in [0.25, 0.3) is 10.8 Å². The van der Waals surface area contributed by atoms with E-state index in [-0.39, 0.29) is 0 Å². The summed E-state index contributed by atoms with van der Waals surface area (Å²) in [6, 6.07) is 21.9. The Labute approximate surface area is 124 Å². The van der Waals surface area contributed by atoms with Crippen molar-refractivity contribution >= 4 is 17.1 Å². The number of carbonyl (C=O) groups is 1. The van der Waals surface area contributed by atoms with Crippen LogP contribution in [0.15, 0.2) is 66.7 Å². The number of aldehydes is 1. The predicted molar refractivity (Wildman–Crippen MR) is 85.0 cm³/mol. The Kier molecular flexibility index (Phi) is 3.97. The highest BCUT2D eigenvalue weighted by molar-refractivity contribution is 6.00. The van der Waals surface area contributed by atoms with E-state index in [1.54, 1.807) is 0 Å². The number of fused-ring (bicyclic) bond motifs is 1. The molecule has 2 heteroatoms. The lowest BCUT2D eigenvalue weighted by atomic mass is 10.0. The van der Waals surface area contributed by atoms with Gasteiger partial charge in [0.1, 0.15) is 5.75 Å². The van der Waals surface area contributed by atoms with E-state index in [2.05, 4.69) is 12.1 Å². The summed E-state index contributed by atoms with van der Waals surface area (Å²) < 4.78 is 5.81. The molecule has 0 amide bonds. The summed E-state index contributed by atoms with van der Waals surface area (Å²) in [5, 5.41) is 1.99. The molecule has 0 aliphatic rings. The Hall–Kier alpha value is -2.61. The monoisotopic (exact) mass is 276 g/mol. The first-order chi connectivity index (χ1) is 10.4. The van der Waals surface area contributed by atoms with Crippen LogP contribution in [0.1, 0.15) is 15.9 Å². The van der Waals surface area contributed by atoms with E-state index in [1.807, 2.05) is 54.6 Å². The minimum Gasteiger partial charge on any atom is -0.492 e. The molecule has 0 spiro atoms. The van der Waals surface area contributed by atoms with Gasteiger partial charge in [-0.2, -0.15) is 0 Å². The summed E-state index contributed by atoms with van der Waals surface area (Å²) in [4.78, 5) is 11.4. The molecule has 2 nitrogen and oxygen atoms in total. The molecule has 104 valence electrons. The van der Waals surface area contributed by atoms with E-state index < -0.39 is 0 Å². The normalized spacial score (nSPS) is 10.5. The molecule has 3 rings (SSSR count). The van der Waals surface area contributed by atoms with Crippen molar-refractivity contribution in [2.24, 2.45) is 0 Å². The fourth-order valence-electron chi connectivity index (χ4n) is 2.45. The standard InChI is InChI=1S/C19H16O2/c20-14-18-17-9-5-4-8-16(17)10-11-19(18)21-13-12-15-6-2-1-3-7-15/h1-11,14H,12-13H2. The first-order valence-electron chi connectivity index (χ1n) is 7.02. The predicted octanol–water partition coefficient (Wildman–Crippen LogP) is 4.27. The first kappa shape index (κ1) is 13.4. The van der Waals surface area contributed by atoms with Gasteiger partial charge in [-0.3, -0.25) is 4.79 Å². The first-order valence-corrected chi connectivity index (χ1v) is 7.02. The van der Waals surface area contributed by atoms with E-state index in [0.29, 0.717) is 17.9 Å². The second kappa shape index (κ2) is 6.23. The fraction of sp³-hybridized carbons (Fsp3) is 0.105. The number of hydrogen-bond donors (Lipinski definition) is 0. The highest BCUT2D eigenvalue weighted by Crippen LogP contribution is 2.26. The minimum atomic E-state index is 0.559. The highest BCUT2D eigenvalue weighted by Gasteiger charge is 2.07. The fourth-order valence-corrected chi connectivity index (χ4v) is 2.45. The molecular weight excluding hydrogens is 260 g/mol. The van der Waals surface area contributed by atoms with E-state index in [4.69, 9.17) is 4.74 Å². The summed E-state index contributed by atoms with van der Waals surface area (Å²) in [7, 11) is 0. The second-order valence-electron chi connectivity index (χ2n) is 4.90. The van der Waals surface area contributed by atoms with Gasteiger partial charge >= 0.3 is 0 Å². The molecule has 0 saturated heterocycles. The lowest BCUT2D eigenvalue weighted by Gasteiger charge is -2.10. The van der Waals surface area contributed by atoms with Crippen molar-refractivity contribution in [1.29, 1.82) is 0 Å². The van der Waals surface area contributed by atoms with E-state index in [1.165, 1.54) is 5.56 Å². The number of hydrogen-bond acceptors (Lipinski definition) is 2. The molecule has 21 heavy (non-hydrogen) atoms. The highest BCUT2D eigenvalue weighted by atomic mass is 16.5. The molecule has 3 aromatic carbocycles. The van der Waals surface area contributed by atoms with Gasteiger partial charge in [0.05, 0.1) is 12.2 Å². The number of carbonyl (C=O) groups excluding carboxylic acids is 1. The molecule has 3 aromatic rings. The maximum atomic E-state index is 11.4. The third-order valence-electron chi connectivity index (χ3n) is 3.54. The largest absolute Gasteiger partial charge is 0.492 e. The smallest absolute Gasteiger partial charge is 0.154 e. The van der Waals surface area contributed by atoms with E-state index >= 15 is 0 Å². The van der Waals surface area contributed by atoms with Gasteiger partial charge < -0.3 is 4.74 Å². The lowest BCUT2D eigenvalue weighted by molar-refractivity contribution is 0.112. The van der Waals surface area contributed by atoms with Crippen LogP contribution in [0.2, 0.25) is 0 Å². The SMILES string of the molecule is O=Cc1c(OCCc2ccccc2)ccc2ccccc12. The third kappa shape index (κ3) is 2.95. The maximum absolute atomic E-state index is 11.4. The van der Waals surface area contributed by atoms with Gasteiger partial charge in [0.2, 0.25) is 0 Å². The van der Waals surface area contributed by atoms with Crippen LogP contribution < -0.4 is 4.74 Å². The molecule has 0 saturated carbocycles. The van der Waals surface area contributed by atoms with Crippen LogP contribution in [0, 0.1) is 0 Å². The molecule has 0 heterocycles. The van der Waals surface area contributed by atoms with Crippen molar-refractivity contribution in [3.8, 4) is 5.75 Å². The van der Waals surface area contributed by atoms with Crippen molar-refractivity contribution < 1.29 is 9.53 Å². The van der Waals surface area contributed by atoms with Crippen molar-refractivity contribution in [3.63, 3.8) is 0 Å². The zero-order chi connectivity index (χ0) is 14.5. The Morgan fingerprint density at radius 1 is 0.857 bits per heavy atom. The van der Waals surface area contributed by atoms with Gasteiger partial charge in [-0.1, -0.05) is 60.7 Å². The number of benzene rings is 3. The van der Waals surface area contributed by atoms with Gasteiger partial charge in [0.25, 0.3) is 0 Å². The van der Waals surface area contributed by atoms with Gasteiger partial charge in [-0.25, -0.2) is 0 Å². The van der Waals surface area contributed by atoms with Crippen molar-refractivity contribution in [1.82, 2.24) is 0 Å². The summed E-state index contributed by atoms with van der Waals surface area (Å²) in [6.07, 6.45) is 1.70. The van der Waals surface area contributed by atoms with Crippen molar-refractivity contribution in [2.75, 3.05) is 6.61 Å². The van der Waals surface area contributed by atoms with Crippen LogP contribution >= 0.6 is 0 Å². The van der Waals surface area contributed by atoms with Gasteiger partial charge in [0, 0.05) is 6.42 Å². The van der Waals surface area contributed by atoms with Crippen LogP contribution in [0.3, 0.4) is 0 Å². The Balaban J connectivity index is 1.79. The minimum absolute atomic E-state index is 0.559. The number of rotatable bonds is 5. The second-order valence-corrected chi connectivity index (χ2v) is 4.90. The molecule has 0 N–H and O–H groups in total. The van der Waals surface area contributed by atoms with Gasteiger partial charge in [-0.15, -0.1) is 0 Å². The topological polar surface area (TPSA) is 26.3 Å². The lowest BCUT2D eigenvalue weighted by Crippen LogP contribution is -2.03. The molecular formula is C19H16O2. The quantitative estimate of drug-likeness (QED) is 0.650. The molecule has 0 aromatic heterocycles. The molecule has 0 unspecified atom stereocenters. The van der Waals surface area contributed by atoms with Crippen LogP contribution in [0.4, 0.5) is 0 Å². The van der Waals surface area contributed by atoms with E-state index in [0.717, 1.165) is 23.5 Å². The van der Waals surface area contributed by atoms with Crippen molar-refractivity contribution in [2.45, 2.75) is 6.42 Å².